The minimum atomic E-state index is 0.141. The summed E-state index contributed by atoms with van der Waals surface area (Å²) in [6, 6.07) is 19.4. The van der Waals surface area contributed by atoms with Crippen molar-refractivity contribution in [1.29, 1.82) is 0 Å². The topological polar surface area (TPSA) is 42.7 Å². The van der Waals surface area contributed by atoms with E-state index in [2.05, 4.69) is 90.8 Å². The maximum absolute atomic E-state index is 4.15. The Kier molecular flexibility index (Phi) is 4.76. The van der Waals surface area contributed by atoms with E-state index < -0.39 is 0 Å². The van der Waals surface area contributed by atoms with E-state index in [0.29, 0.717) is 6.04 Å². The van der Waals surface area contributed by atoms with E-state index in [9.17, 15) is 0 Å². The third-order valence-corrected chi connectivity index (χ3v) is 4.13. The molecule has 0 radical (unpaired) electrons. The lowest BCUT2D eigenvalue weighted by molar-refractivity contribution is 0.271. The molecule has 124 valence electrons. The largest absolute Gasteiger partial charge is 0.305 e. The predicted molar refractivity (Wildman–Crippen MR) is 96.8 cm³/mol. The molecule has 2 aromatic carbocycles. The molecular weight excluding hydrogens is 296 g/mol. The highest BCUT2D eigenvalue weighted by atomic mass is 15.3. The summed E-state index contributed by atoms with van der Waals surface area (Å²) in [4.78, 5) is 3.98. The summed E-state index contributed by atoms with van der Waals surface area (Å²) in [5.74, 6) is 0. The van der Waals surface area contributed by atoms with Gasteiger partial charge in [0, 0.05) is 12.6 Å². The Morgan fingerprint density at radius 2 is 1.71 bits per heavy atom. The van der Waals surface area contributed by atoms with Crippen LogP contribution in [0.5, 0.6) is 0 Å². The molecular formula is C20H24N4. The van der Waals surface area contributed by atoms with Crippen molar-refractivity contribution >= 4 is 0 Å². The minimum absolute atomic E-state index is 0.141. The Balaban J connectivity index is 1.71. The number of rotatable bonds is 5. The molecule has 1 heterocycles. The first kappa shape index (κ1) is 16.4. The van der Waals surface area contributed by atoms with Gasteiger partial charge in [0.05, 0.1) is 5.69 Å². The van der Waals surface area contributed by atoms with Crippen LogP contribution in [-0.4, -0.2) is 14.8 Å². The Bertz CT molecular complexity index is 741. The number of nitrogens with one attached hydrogen (secondary N) is 1. The van der Waals surface area contributed by atoms with Crippen molar-refractivity contribution in [2.75, 3.05) is 0 Å². The van der Waals surface area contributed by atoms with Crippen LogP contribution < -0.4 is 5.32 Å². The van der Waals surface area contributed by atoms with Crippen molar-refractivity contribution in [3.63, 3.8) is 0 Å². The van der Waals surface area contributed by atoms with E-state index in [0.717, 1.165) is 12.2 Å². The van der Waals surface area contributed by atoms with E-state index in [-0.39, 0.29) is 5.41 Å². The van der Waals surface area contributed by atoms with E-state index >= 15 is 0 Å². The summed E-state index contributed by atoms with van der Waals surface area (Å²) in [6.07, 6.45) is 3.25. The van der Waals surface area contributed by atoms with Crippen molar-refractivity contribution < 1.29 is 0 Å². The number of benzene rings is 2. The van der Waals surface area contributed by atoms with E-state index in [1.807, 2.05) is 0 Å². The second-order valence-corrected chi connectivity index (χ2v) is 7.10. The summed E-state index contributed by atoms with van der Waals surface area (Å²) in [5.41, 5.74) is 3.74. The lowest BCUT2D eigenvalue weighted by Crippen LogP contribution is -2.32. The normalized spacial score (nSPS) is 13.0. The number of hydrogen-bond donors (Lipinski definition) is 1. The third kappa shape index (κ3) is 3.89. The fraction of sp³-hybridized carbons (Fsp3) is 0.300. The molecule has 0 saturated heterocycles. The van der Waals surface area contributed by atoms with Crippen molar-refractivity contribution in [2.45, 2.75) is 33.4 Å². The van der Waals surface area contributed by atoms with Crippen LogP contribution in [0.15, 0.2) is 67.3 Å². The first-order valence-corrected chi connectivity index (χ1v) is 8.26. The zero-order valence-corrected chi connectivity index (χ0v) is 14.5. The van der Waals surface area contributed by atoms with Crippen molar-refractivity contribution in [3.8, 4) is 5.69 Å². The third-order valence-electron chi connectivity index (χ3n) is 4.13. The highest BCUT2D eigenvalue weighted by Crippen LogP contribution is 2.32. The van der Waals surface area contributed by atoms with Gasteiger partial charge in [0.25, 0.3) is 0 Å². The Morgan fingerprint density at radius 1 is 1.00 bits per heavy atom. The monoisotopic (exact) mass is 320 g/mol. The van der Waals surface area contributed by atoms with Gasteiger partial charge >= 0.3 is 0 Å². The smallest absolute Gasteiger partial charge is 0.138 e. The van der Waals surface area contributed by atoms with Gasteiger partial charge in [-0.2, -0.15) is 5.10 Å². The molecule has 1 aromatic heterocycles. The molecule has 1 atom stereocenters. The molecule has 0 fully saturated rings. The van der Waals surface area contributed by atoms with Crippen LogP contribution >= 0.6 is 0 Å². The van der Waals surface area contributed by atoms with Crippen LogP contribution in [0.2, 0.25) is 0 Å². The van der Waals surface area contributed by atoms with Crippen LogP contribution in [0.3, 0.4) is 0 Å². The summed E-state index contributed by atoms with van der Waals surface area (Å²) in [7, 11) is 0. The second-order valence-electron chi connectivity index (χ2n) is 7.10. The van der Waals surface area contributed by atoms with Crippen LogP contribution in [-0.2, 0) is 6.54 Å². The molecule has 0 amide bonds. The summed E-state index contributed by atoms with van der Waals surface area (Å²) < 4.78 is 1.76. The van der Waals surface area contributed by atoms with Gasteiger partial charge < -0.3 is 5.32 Å². The molecule has 3 rings (SSSR count). The standard InChI is InChI=1S/C20H24N4/c1-20(2,3)19(17-7-5-4-6-8-17)22-13-16-9-11-18(12-10-16)24-15-21-14-23-24/h4-12,14-15,19,22H,13H2,1-3H3. The maximum atomic E-state index is 4.15. The van der Waals surface area contributed by atoms with Crippen LogP contribution in [0.25, 0.3) is 5.69 Å². The Labute approximate surface area is 143 Å². The lowest BCUT2D eigenvalue weighted by Gasteiger charge is -2.32. The van der Waals surface area contributed by atoms with E-state index in [1.54, 1.807) is 17.3 Å². The summed E-state index contributed by atoms with van der Waals surface area (Å²) >= 11 is 0. The quantitative estimate of drug-likeness (QED) is 0.768. The average Bonchev–Trinajstić information content (AvgIpc) is 3.10. The molecule has 3 aromatic rings. The zero-order valence-electron chi connectivity index (χ0n) is 14.5. The van der Waals surface area contributed by atoms with Gasteiger partial charge in [0.1, 0.15) is 12.7 Å². The summed E-state index contributed by atoms with van der Waals surface area (Å²) in [6.45, 7) is 7.64. The van der Waals surface area contributed by atoms with Crippen molar-refractivity contribution in [2.24, 2.45) is 5.41 Å². The van der Waals surface area contributed by atoms with E-state index in [1.165, 1.54) is 11.1 Å². The highest BCUT2D eigenvalue weighted by Gasteiger charge is 2.25. The molecule has 0 aliphatic heterocycles. The fourth-order valence-corrected chi connectivity index (χ4v) is 2.90. The highest BCUT2D eigenvalue weighted by molar-refractivity contribution is 5.33. The van der Waals surface area contributed by atoms with Gasteiger partial charge in [0.15, 0.2) is 0 Å². The first-order chi connectivity index (χ1) is 11.5. The number of nitrogens with zero attached hydrogens (tertiary/aromatic N) is 3. The van der Waals surface area contributed by atoms with Crippen molar-refractivity contribution in [3.05, 3.63) is 78.4 Å². The molecule has 4 heteroatoms. The van der Waals surface area contributed by atoms with Gasteiger partial charge in [0.2, 0.25) is 0 Å². The van der Waals surface area contributed by atoms with E-state index in [4.69, 9.17) is 0 Å². The Morgan fingerprint density at radius 3 is 2.29 bits per heavy atom. The van der Waals surface area contributed by atoms with Gasteiger partial charge in [-0.25, -0.2) is 9.67 Å². The summed E-state index contributed by atoms with van der Waals surface area (Å²) in [5, 5.41) is 7.86. The van der Waals surface area contributed by atoms with Crippen LogP contribution in [0.1, 0.15) is 37.9 Å². The average molecular weight is 320 g/mol. The molecule has 0 spiro atoms. The molecule has 0 bridgehead atoms. The molecule has 1 unspecified atom stereocenters. The lowest BCUT2D eigenvalue weighted by atomic mass is 9.82. The van der Waals surface area contributed by atoms with Crippen LogP contribution in [0.4, 0.5) is 0 Å². The number of aromatic nitrogens is 3. The maximum Gasteiger partial charge on any atom is 0.138 e. The molecule has 0 aliphatic rings. The first-order valence-electron chi connectivity index (χ1n) is 8.26. The number of hydrogen-bond acceptors (Lipinski definition) is 3. The molecule has 0 saturated carbocycles. The molecule has 24 heavy (non-hydrogen) atoms. The van der Waals surface area contributed by atoms with Crippen molar-refractivity contribution in [1.82, 2.24) is 20.1 Å². The van der Waals surface area contributed by atoms with Gasteiger partial charge in [-0.3, -0.25) is 0 Å². The predicted octanol–water partition coefficient (Wildman–Crippen LogP) is 4.14. The molecule has 0 aliphatic carbocycles. The molecule has 4 nitrogen and oxygen atoms in total. The van der Waals surface area contributed by atoms with Gasteiger partial charge in [-0.15, -0.1) is 0 Å². The minimum Gasteiger partial charge on any atom is -0.305 e. The van der Waals surface area contributed by atoms with Gasteiger partial charge in [-0.05, 0) is 28.7 Å². The second kappa shape index (κ2) is 6.97. The Hall–Kier alpha value is -2.46. The SMILES string of the molecule is CC(C)(C)C(NCc1ccc(-n2cncn2)cc1)c1ccccc1. The molecule has 1 N–H and O–H groups in total. The van der Waals surface area contributed by atoms with Crippen LogP contribution in [0, 0.1) is 5.41 Å². The zero-order chi connectivity index (χ0) is 17.0. The fourth-order valence-electron chi connectivity index (χ4n) is 2.90. The van der Waals surface area contributed by atoms with Gasteiger partial charge in [-0.1, -0.05) is 63.2 Å².